The third-order valence-electron chi connectivity index (χ3n) is 17.6. The summed E-state index contributed by atoms with van der Waals surface area (Å²) >= 11 is 9.44. The number of aromatic nitrogens is 4. The molecule has 5 heterocycles. The average Bonchev–Trinajstić information content (AvgIpc) is 1.58. The van der Waals surface area contributed by atoms with Crippen LogP contribution in [0.2, 0.25) is 0 Å². The molecule has 25 heteroatoms. The molecule has 13 rings (SSSR count). The van der Waals surface area contributed by atoms with Gasteiger partial charge in [0.15, 0.2) is 0 Å². The van der Waals surface area contributed by atoms with Crippen molar-refractivity contribution in [3.8, 4) is 0 Å². The molecule has 2 radical (unpaired) electrons. The number of nitrogens with zero attached hydrogens (tertiary/aromatic N) is 4. The number of fused-ring (bicyclic) bond motifs is 2. The third kappa shape index (κ3) is 21.3. The summed E-state index contributed by atoms with van der Waals surface area (Å²) in [5, 5.41) is 34.9. The van der Waals surface area contributed by atoms with Gasteiger partial charge in [-0.15, -0.1) is 10.2 Å². The van der Waals surface area contributed by atoms with Crippen molar-refractivity contribution in [3.63, 3.8) is 0 Å². The minimum absolute atomic E-state index is 0.106. The normalized spacial score (nSPS) is 16.8. The van der Waals surface area contributed by atoms with E-state index in [0.29, 0.717) is 0 Å². The van der Waals surface area contributed by atoms with Crippen LogP contribution in [0.1, 0.15) is 111 Å². The Hall–Kier alpha value is -3.60. The molecule has 0 bridgehead atoms. The Kier molecular flexibility index (Phi) is 29.2. The Morgan fingerprint density at radius 2 is 0.639 bits per heavy atom. The van der Waals surface area contributed by atoms with Crippen LogP contribution >= 0.6 is 89.8 Å². The topological polar surface area (TPSA) is 147 Å². The summed E-state index contributed by atoms with van der Waals surface area (Å²) in [6.45, 7) is 30.6. The van der Waals surface area contributed by atoms with Gasteiger partial charge in [0.05, 0.1) is 54.2 Å². The maximum absolute atomic E-state index is 9.10. The summed E-state index contributed by atoms with van der Waals surface area (Å²) in [4.78, 5) is 0. The van der Waals surface area contributed by atoms with Crippen LogP contribution in [-0.2, 0) is 43.9 Å². The van der Waals surface area contributed by atoms with Crippen LogP contribution in [0.5, 0.6) is 0 Å². The smallest absolute Gasteiger partial charge is 0.0134 e. The minimum Gasteiger partial charge on any atom is -0.0622 e. The average molecular weight is 1640 g/mol. The van der Waals surface area contributed by atoms with Crippen molar-refractivity contribution < 1.29 is 54.1 Å². The van der Waals surface area contributed by atoms with Crippen molar-refractivity contribution in [2.75, 3.05) is 0 Å². The van der Waals surface area contributed by atoms with Crippen molar-refractivity contribution in [2.24, 2.45) is 0 Å². The molecule has 8 aromatic carbocycles. The molecule has 0 amide bonds. The van der Waals surface area contributed by atoms with E-state index < -0.39 is 70.7 Å². The van der Waals surface area contributed by atoms with E-state index >= 15 is 0 Å². The Balaban J connectivity index is 0.000000170. The van der Waals surface area contributed by atoms with Crippen molar-refractivity contribution in [2.45, 2.75) is 156 Å². The molecule has 0 saturated carbocycles. The summed E-state index contributed by atoms with van der Waals surface area (Å²) < 4.78 is 47.6. The summed E-state index contributed by atoms with van der Waals surface area (Å²) in [6.07, 6.45) is 0. The molecule has 2 aromatic heterocycles. The zero-order valence-electron chi connectivity index (χ0n) is 57.6. The fourth-order valence-electron chi connectivity index (χ4n) is 9.27. The van der Waals surface area contributed by atoms with Gasteiger partial charge in [-0.1, -0.05) is 203 Å². The number of halogens is 4. The molecule has 0 atom stereocenters. The summed E-state index contributed by atoms with van der Waals surface area (Å²) in [6, 6.07) is 72.6. The molecule has 12 nitrogen and oxygen atoms in total. The van der Waals surface area contributed by atoms with Crippen LogP contribution in [0, 0.1) is 0 Å². The van der Waals surface area contributed by atoms with Gasteiger partial charge in [-0.2, -0.15) is 0 Å². The van der Waals surface area contributed by atoms with E-state index in [-0.39, 0.29) is 27.1 Å². The first kappa shape index (κ1) is 80.7. The molecule has 0 aliphatic carbocycles. The first-order chi connectivity index (χ1) is 45.5. The Bertz CT molecular complexity index is 3580. The summed E-state index contributed by atoms with van der Waals surface area (Å²) in [7, 11) is 12.7. The van der Waals surface area contributed by atoms with Crippen LogP contribution < -0.4 is 42.8 Å². The first-order valence-electron chi connectivity index (χ1n) is 31.4. The quantitative estimate of drug-likeness (QED) is 0.105. The van der Waals surface area contributed by atoms with E-state index in [2.05, 4.69) is 233 Å². The van der Waals surface area contributed by atoms with E-state index in [1.807, 2.05) is 107 Å². The predicted molar refractivity (Wildman–Crippen MR) is 418 cm³/mol. The molecule has 512 valence electrons. The summed E-state index contributed by atoms with van der Waals surface area (Å²) in [5.41, 5.74) is -0.653. The van der Waals surface area contributed by atoms with Gasteiger partial charge in [-0.05, 0) is 226 Å². The maximum Gasteiger partial charge on any atom is -0.0134 e. The fraction of sp³-hybridized carbons (Fsp3) is 0.333. The molecule has 3 aliphatic rings. The molecule has 3 aliphatic heterocycles. The zero-order valence-corrected chi connectivity index (χ0v) is 67.3. The zero-order chi connectivity index (χ0) is 71.2. The van der Waals surface area contributed by atoms with Gasteiger partial charge in [0.1, 0.15) is 18.8 Å². The van der Waals surface area contributed by atoms with E-state index in [4.69, 9.17) is 64.9 Å². The second kappa shape index (κ2) is 35.1. The first-order valence-corrected chi connectivity index (χ1v) is 41.2. The summed E-state index contributed by atoms with van der Waals surface area (Å²) in [5.74, 6) is 0. The van der Waals surface area contributed by atoms with Gasteiger partial charge in [-0.3, -0.25) is 0 Å². The van der Waals surface area contributed by atoms with Gasteiger partial charge >= 0.3 is 56.2 Å². The van der Waals surface area contributed by atoms with Gasteiger partial charge in [-0.25, -0.2) is 0 Å². The fourth-order valence-corrected chi connectivity index (χ4v) is 16.3. The number of hydrogen-bond donors (Lipinski definition) is 2. The van der Waals surface area contributed by atoms with Crippen LogP contribution in [0.4, 0.5) is 0 Å². The molecule has 3 saturated heterocycles. The maximum atomic E-state index is 9.10. The van der Waals surface area contributed by atoms with Crippen LogP contribution in [-0.4, -0.2) is 103 Å². The van der Waals surface area contributed by atoms with Crippen LogP contribution in [0.25, 0.3) is 20.4 Å². The Morgan fingerprint density at radius 3 is 0.907 bits per heavy atom. The monoisotopic (exact) mass is 1640 g/mol. The Labute approximate surface area is 620 Å². The standard InChI is InChI=1S/C18H26B2N2O4S.2C18H15P.C6H12B2O2.C6H2Br2N2S.C6H14O2.2ClH.Pd/c1-15(2)16(3,4)24-19(23-15)11-9-10-12(14-13(11)21-22-27-14)20-25-17(5,6)18(7,8)26-20;2*1-4-10-16(11-5-1)19(17-12-6-2-7-13-17)18-14-8-3-9-15-18;1-5(2)6(3,4)10-8(7)9-5;7-3-1-2-4(8)6-5(3)9-10-11-6;1-5(2,7)6(3,4)8;;;/h9-10H,1-8H3;2*1-15H;1-4H3;1-2H;7-8H,1-4H3;2*1H;/q;;;;;;;;+2/p-2. The second-order valence-corrected chi connectivity index (χ2v) is 36.8. The molecular weight excluding hydrogens is 1560 g/mol. The van der Waals surface area contributed by atoms with Gasteiger partial charge in [0, 0.05) is 19.9 Å². The van der Waals surface area contributed by atoms with Crippen LogP contribution in [0.15, 0.2) is 215 Å². The van der Waals surface area contributed by atoms with E-state index in [1.54, 1.807) is 27.7 Å². The van der Waals surface area contributed by atoms with E-state index in [0.717, 1.165) is 40.3 Å². The molecule has 3 fully saturated rings. The molecule has 0 spiro atoms. The van der Waals surface area contributed by atoms with E-state index in [1.165, 1.54) is 54.9 Å². The van der Waals surface area contributed by atoms with Gasteiger partial charge < -0.3 is 38.1 Å². The number of hydrogen-bond acceptors (Lipinski definition) is 14. The van der Waals surface area contributed by atoms with Crippen molar-refractivity contribution in [1.29, 1.82) is 0 Å². The predicted octanol–water partition coefficient (Wildman–Crippen LogP) is 15.0. The molecule has 97 heavy (non-hydrogen) atoms. The van der Waals surface area contributed by atoms with Gasteiger partial charge in [0.25, 0.3) is 0 Å². The molecule has 2 N–H and O–H groups in total. The van der Waals surface area contributed by atoms with Crippen molar-refractivity contribution in [1.82, 2.24) is 19.2 Å². The van der Waals surface area contributed by atoms with Crippen molar-refractivity contribution >= 4 is 182 Å². The number of aliphatic hydroxyl groups is 2. The van der Waals surface area contributed by atoms with Gasteiger partial charge in [0.2, 0.25) is 0 Å². The molecular formula is C72H84B4Br2Cl2N4O8P2PdS2. The molecule has 10 aromatic rings. The molecule has 0 unspecified atom stereocenters. The number of benzene rings is 8. The SMILES string of the molecule is Brc1ccc(Br)c2snnc12.CC(C)(O)C(C)(C)O.CC1(C)OB(c2ccc(B3OC(C)(C)C(C)(C)O3)c3snnc23)OC1(C)C.[B]B1OC(C)(C)C(C)(C)O1.[Cl][Pd][Cl].c1ccc(P(c2ccccc2)c2ccccc2)cc1.c1ccc(P(c2ccccc2)c2ccccc2)cc1. The Morgan fingerprint density at radius 1 is 0.392 bits per heavy atom. The second-order valence-electron chi connectivity index (χ2n) is 26.8. The van der Waals surface area contributed by atoms with Crippen LogP contribution in [0.3, 0.4) is 0 Å². The third-order valence-corrected chi connectivity index (χ3v) is 25.6. The number of rotatable bonds is 9. The largest absolute Gasteiger partial charge is 0.0622 e. The van der Waals surface area contributed by atoms with Crippen molar-refractivity contribution in [3.05, 3.63) is 215 Å². The minimum atomic E-state index is -1.01. The van der Waals surface area contributed by atoms with E-state index in [9.17, 15) is 0 Å².